The molecule has 5 rings (SSSR count). The molecule has 1 heterocycles. The maximum atomic E-state index is 10.7. The number of hydrogen-bond donors (Lipinski definition) is 2. The number of halogens is 1. The highest BCUT2D eigenvalue weighted by molar-refractivity contribution is 6.33. The molecule has 1 fully saturated rings. The Balaban J connectivity index is 1.58. The van der Waals surface area contributed by atoms with Crippen molar-refractivity contribution >= 4 is 17.4 Å². The Kier molecular flexibility index (Phi) is 5.00. The minimum Gasteiger partial charge on any atom is -0.390 e. The van der Waals surface area contributed by atoms with Crippen LogP contribution in [0.15, 0.2) is 42.5 Å². The van der Waals surface area contributed by atoms with Gasteiger partial charge in [-0.1, -0.05) is 54.9 Å². The van der Waals surface area contributed by atoms with Gasteiger partial charge < -0.3 is 10.4 Å². The van der Waals surface area contributed by atoms with E-state index in [4.69, 9.17) is 21.6 Å². The van der Waals surface area contributed by atoms with Gasteiger partial charge in [-0.15, -0.1) is 0 Å². The summed E-state index contributed by atoms with van der Waals surface area (Å²) in [6.07, 6.45) is 3.21. The van der Waals surface area contributed by atoms with Gasteiger partial charge in [0.05, 0.1) is 34.3 Å². The van der Waals surface area contributed by atoms with Gasteiger partial charge in [0.1, 0.15) is 5.82 Å². The largest absolute Gasteiger partial charge is 0.390 e. The third-order valence-electron chi connectivity index (χ3n) is 6.17. The molecule has 5 heteroatoms. The van der Waals surface area contributed by atoms with Crippen LogP contribution in [0.4, 0.5) is 5.82 Å². The summed E-state index contributed by atoms with van der Waals surface area (Å²) >= 11 is 6.58. The SMILES string of the molecule is CCc1nc(NC2c3ccccc3C[C@@H]2O)c(C2CC2)nc1-c1ccc(C)cc1Cl. The molecule has 0 spiro atoms. The highest BCUT2D eigenvalue weighted by atomic mass is 35.5. The summed E-state index contributed by atoms with van der Waals surface area (Å²) in [7, 11) is 0. The molecular formula is C25H26ClN3O. The Morgan fingerprint density at radius 2 is 1.93 bits per heavy atom. The number of anilines is 1. The first-order valence-electron chi connectivity index (χ1n) is 10.7. The highest BCUT2D eigenvalue weighted by Gasteiger charge is 2.35. The van der Waals surface area contributed by atoms with E-state index < -0.39 is 6.10 Å². The first-order chi connectivity index (χ1) is 14.5. The number of nitrogens with zero attached hydrogens (tertiary/aromatic N) is 2. The molecule has 3 aromatic rings. The molecule has 2 aliphatic carbocycles. The van der Waals surface area contributed by atoms with Crippen LogP contribution >= 0.6 is 11.6 Å². The molecule has 0 saturated heterocycles. The van der Waals surface area contributed by atoms with Crippen LogP contribution in [-0.2, 0) is 12.8 Å². The molecule has 2 aliphatic rings. The first kappa shape index (κ1) is 19.5. The van der Waals surface area contributed by atoms with E-state index in [1.54, 1.807) is 0 Å². The molecule has 0 amide bonds. The van der Waals surface area contributed by atoms with Gasteiger partial charge in [0.15, 0.2) is 0 Å². The average molecular weight is 420 g/mol. The van der Waals surface area contributed by atoms with E-state index in [0.29, 0.717) is 17.4 Å². The number of benzene rings is 2. The van der Waals surface area contributed by atoms with Crippen molar-refractivity contribution in [2.45, 2.75) is 57.6 Å². The van der Waals surface area contributed by atoms with Gasteiger partial charge in [0, 0.05) is 17.9 Å². The molecule has 1 unspecified atom stereocenters. The maximum absolute atomic E-state index is 10.7. The molecule has 0 bridgehead atoms. The lowest BCUT2D eigenvalue weighted by atomic mass is 10.0. The molecule has 0 aliphatic heterocycles. The van der Waals surface area contributed by atoms with Crippen LogP contribution in [0, 0.1) is 6.92 Å². The lowest BCUT2D eigenvalue weighted by Crippen LogP contribution is -2.23. The summed E-state index contributed by atoms with van der Waals surface area (Å²) < 4.78 is 0. The number of hydrogen-bond acceptors (Lipinski definition) is 4. The second-order valence-electron chi connectivity index (χ2n) is 8.46. The molecule has 1 saturated carbocycles. The van der Waals surface area contributed by atoms with Gasteiger partial charge in [0.25, 0.3) is 0 Å². The third-order valence-corrected chi connectivity index (χ3v) is 6.48. The Bertz CT molecular complexity index is 1110. The maximum Gasteiger partial charge on any atom is 0.148 e. The van der Waals surface area contributed by atoms with Crippen LogP contribution in [-0.4, -0.2) is 21.2 Å². The van der Waals surface area contributed by atoms with Crippen molar-refractivity contribution in [3.05, 3.63) is 75.6 Å². The smallest absolute Gasteiger partial charge is 0.148 e. The highest BCUT2D eigenvalue weighted by Crippen LogP contribution is 2.45. The van der Waals surface area contributed by atoms with Crippen molar-refractivity contribution in [1.82, 2.24) is 9.97 Å². The fraction of sp³-hybridized carbons (Fsp3) is 0.360. The Hall–Kier alpha value is -2.43. The predicted molar refractivity (Wildman–Crippen MR) is 121 cm³/mol. The average Bonchev–Trinajstić information content (AvgIpc) is 3.53. The van der Waals surface area contributed by atoms with E-state index in [0.717, 1.165) is 58.9 Å². The number of rotatable bonds is 5. The minimum absolute atomic E-state index is 0.161. The van der Waals surface area contributed by atoms with E-state index in [9.17, 15) is 5.11 Å². The lowest BCUT2D eigenvalue weighted by Gasteiger charge is -2.22. The Labute approximate surface area is 182 Å². The van der Waals surface area contributed by atoms with Crippen LogP contribution in [0.1, 0.15) is 59.8 Å². The minimum atomic E-state index is -0.465. The van der Waals surface area contributed by atoms with Crippen LogP contribution in [0.3, 0.4) is 0 Å². The van der Waals surface area contributed by atoms with Crippen molar-refractivity contribution in [3.8, 4) is 11.3 Å². The summed E-state index contributed by atoms with van der Waals surface area (Å²) in [5.74, 6) is 1.23. The normalized spacial score (nSPS) is 20.3. The Morgan fingerprint density at radius 3 is 2.67 bits per heavy atom. The molecule has 0 radical (unpaired) electrons. The van der Waals surface area contributed by atoms with Gasteiger partial charge in [0.2, 0.25) is 0 Å². The zero-order chi connectivity index (χ0) is 20.8. The summed E-state index contributed by atoms with van der Waals surface area (Å²) in [5.41, 5.74) is 7.21. The number of aromatic nitrogens is 2. The predicted octanol–water partition coefficient (Wildman–Crippen LogP) is 5.62. The fourth-order valence-electron chi connectivity index (χ4n) is 4.40. The quantitative estimate of drug-likeness (QED) is 0.563. The summed E-state index contributed by atoms with van der Waals surface area (Å²) in [6, 6.07) is 14.2. The van der Waals surface area contributed by atoms with Crippen molar-refractivity contribution in [3.63, 3.8) is 0 Å². The monoisotopic (exact) mass is 419 g/mol. The lowest BCUT2D eigenvalue weighted by molar-refractivity contribution is 0.165. The van der Waals surface area contributed by atoms with E-state index in [2.05, 4.69) is 30.4 Å². The van der Waals surface area contributed by atoms with Gasteiger partial charge in [-0.3, -0.25) is 0 Å². The number of aryl methyl sites for hydroxylation is 2. The fourth-order valence-corrected chi connectivity index (χ4v) is 4.72. The topological polar surface area (TPSA) is 58.0 Å². The van der Waals surface area contributed by atoms with E-state index in [1.165, 1.54) is 5.56 Å². The second-order valence-corrected chi connectivity index (χ2v) is 8.86. The van der Waals surface area contributed by atoms with Gasteiger partial charge in [-0.05, 0) is 48.9 Å². The molecule has 2 aromatic carbocycles. The number of aliphatic hydroxyl groups is 1. The molecule has 4 nitrogen and oxygen atoms in total. The van der Waals surface area contributed by atoms with Crippen LogP contribution in [0.2, 0.25) is 5.02 Å². The molecule has 1 aromatic heterocycles. The van der Waals surface area contributed by atoms with E-state index in [1.807, 2.05) is 31.2 Å². The number of aliphatic hydroxyl groups excluding tert-OH is 1. The van der Waals surface area contributed by atoms with Crippen LogP contribution < -0.4 is 5.32 Å². The van der Waals surface area contributed by atoms with Crippen molar-refractivity contribution < 1.29 is 5.11 Å². The second kappa shape index (κ2) is 7.68. The summed E-state index contributed by atoms with van der Waals surface area (Å²) in [5, 5.41) is 15.0. The van der Waals surface area contributed by atoms with Crippen molar-refractivity contribution in [2.75, 3.05) is 5.32 Å². The molecule has 30 heavy (non-hydrogen) atoms. The van der Waals surface area contributed by atoms with E-state index >= 15 is 0 Å². The van der Waals surface area contributed by atoms with Crippen LogP contribution in [0.5, 0.6) is 0 Å². The first-order valence-corrected chi connectivity index (χ1v) is 11.1. The number of fused-ring (bicyclic) bond motifs is 1. The van der Waals surface area contributed by atoms with Gasteiger partial charge >= 0.3 is 0 Å². The molecular weight excluding hydrogens is 394 g/mol. The molecule has 2 N–H and O–H groups in total. The van der Waals surface area contributed by atoms with Crippen LogP contribution in [0.25, 0.3) is 11.3 Å². The van der Waals surface area contributed by atoms with E-state index in [-0.39, 0.29) is 6.04 Å². The summed E-state index contributed by atoms with van der Waals surface area (Å²) in [6.45, 7) is 4.13. The number of nitrogens with one attached hydrogen (secondary N) is 1. The van der Waals surface area contributed by atoms with Gasteiger partial charge in [-0.2, -0.15) is 0 Å². The third kappa shape index (κ3) is 3.48. The van der Waals surface area contributed by atoms with Crippen molar-refractivity contribution in [2.24, 2.45) is 0 Å². The van der Waals surface area contributed by atoms with Gasteiger partial charge in [-0.25, -0.2) is 9.97 Å². The Morgan fingerprint density at radius 1 is 1.13 bits per heavy atom. The molecule has 2 atom stereocenters. The zero-order valence-corrected chi connectivity index (χ0v) is 18.1. The van der Waals surface area contributed by atoms with Crippen molar-refractivity contribution in [1.29, 1.82) is 0 Å². The summed E-state index contributed by atoms with van der Waals surface area (Å²) in [4.78, 5) is 10.1. The standard InChI is InChI=1S/C25H26ClN3O/c1-3-20-23(18-11-8-14(2)12-19(18)26)28-22(15-9-10-15)25(27-20)29-24-17-7-5-4-6-16(17)13-21(24)30/h4-8,11-12,15,21,24,30H,3,9-10,13H2,1-2H3,(H,27,29)/t21-,24?/m0/s1. The zero-order valence-electron chi connectivity index (χ0n) is 17.3. The molecule has 154 valence electrons.